The Morgan fingerprint density at radius 3 is 2.48 bits per heavy atom. The molecule has 0 aliphatic heterocycles. The molecule has 0 aliphatic rings. The third-order valence-electron chi connectivity index (χ3n) is 3.27. The van der Waals surface area contributed by atoms with Gasteiger partial charge in [0.2, 0.25) is 5.88 Å². The van der Waals surface area contributed by atoms with Gasteiger partial charge < -0.3 is 4.74 Å². The molecule has 115 valence electrons. The first-order valence-corrected chi connectivity index (χ1v) is 7.77. The van der Waals surface area contributed by atoms with Crippen molar-refractivity contribution in [2.45, 2.75) is 0 Å². The molecule has 0 spiro atoms. The average molecular weight is 365 g/mol. The van der Waals surface area contributed by atoms with Gasteiger partial charge in [-0.3, -0.25) is 0 Å². The summed E-state index contributed by atoms with van der Waals surface area (Å²) >= 11 is 18.8. The van der Waals surface area contributed by atoms with Crippen molar-refractivity contribution in [3.63, 3.8) is 0 Å². The lowest BCUT2D eigenvalue weighted by Crippen LogP contribution is -1.92. The van der Waals surface area contributed by atoms with Crippen LogP contribution in [0.4, 0.5) is 0 Å². The molecular weight excluding hydrogens is 355 g/mol. The molecule has 0 amide bonds. The summed E-state index contributed by atoms with van der Waals surface area (Å²) in [5, 5.41) is 1.12. The maximum absolute atomic E-state index is 6.58. The summed E-state index contributed by atoms with van der Waals surface area (Å²) in [6.45, 7) is 0. The van der Waals surface area contributed by atoms with E-state index >= 15 is 0 Å². The van der Waals surface area contributed by atoms with Crippen LogP contribution in [0.3, 0.4) is 0 Å². The minimum absolute atomic E-state index is 0.236. The first kappa shape index (κ1) is 16.1. The molecule has 0 atom stereocenters. The molecule has 0 bridgehead atoms. The fourth-order valence-corrected chi connectivity index (χ4v) is 2.89. The number of hydrogen-bond acceptors (Lipinski definition) is 3. The zero-order chi connectivity index (χ0) is 16.4. The van der Waals surface area contributed by atoms with Crippen LogP contribution in [0, 0.1) is 6.07 Å². The van der Waals surface area contributed by atoms with Crippen LogP contribution >= 0.6 is 34.8 Å². The number of halogens is 3. The number of benzene rings is 1. The Hall–Kier alpha value is -1.81. The summed E-state index contributed by atoms with van der Waals surface area (Å²) in [6, 6.07) is 13.8. The number of rotatable bonds is 3. The average Bonchev–Trinajstić information content (AvgIpc) is 2.58. The zero-order valence-corrected chi connectivity index (χ0v) is 14.2. The van der Waals surface area contributed by atoms with Crippen molar-refractivity contribution in [3.05, 3.63) is 63.9 Å². The molecular formula is C17H10Cl3N2O. The molecule has 1 radical (unpaired) electrons. The van der Waals surface area contributed by atoms with Crippen LogP contribution in [0.25, 0.3) is 22.4 Å². The maximum atomic E-state index is 6.58. The van der Waals surface area contributed by atoms with Crippen molar-refractivity contribution < 1.29 is 4.74 Å². The quantitative estimate of drug-likeness (QED) is 0.569. The predicted octanol–water partition coefficient (Wildman–Crippen LogP) is 5.58. The fraction of sp³-hybridized carbons (Fsp3) is 0.0588. The van der Waals surface area contributed by atoms with Gasteiger partial charge in [-0.15, -0.1) is 0 Å². The van der Waals surface area contributed by atoms with Crippen LogP contribution in [0.2, 0.25) is 15.2 Å². The lowest BCUT2D eigenvalue weighted by molar-refractivity contribution is 0.397. The third kappa shape index (κ3) is 3.13. The second kappa shape index (κ2) is 6.75. The van der Waals surface area contributed by atoms with Crippen molar-refractivity contribution >= 4 is 34.8 Å². The lowest BCUT2D eigenvalue weighted by atomic mass is 10.0. The zero-order valence-electron chi connectivity index (χ0n) is 12.0. The topological polar surface area (TPSA) is 35.0 Å². The highest BCUT2D eigenvalue weighted by Crippen LogP contribution is 2.40. The number of nitrogens with zero attached hydrogens (tertiary/aromatic N) is 2. The van der Waals surface area contributed by atoms with Crippen molar-refractivity contribution in [2.75, 3.05) is 7.11 Å². The Morgan fingerprint density at radius 2 is 1.70 bits per heavy atom. The van der Waals surface area contributed by atoms with Gasteiger partial charge in [0.1, 0.15) is 5.15 Å². The van der Waals surface area contributed by atoms with Crippen LogP contribution in [0.5, 0.6) is 5.88 Å². The number of aromatic nitrogens is 2. The van der Waals surface area contributed by atoms with Crippen molar-refractivity contribution in [1.29, 1.82) is 0 Å². The van der Waals surface area contributed by atoms with Crippen LogP contribution in [0.1, 0.15) is 0 Å². The molecule has 0 fully saturated rings. The van der Waals surface area contributed by atoms with E-state index in [1.807, 2.05) is 24.3 Å². The second-order valence-electron chi connectivity index (χ2n) is 4.61. The standard InChI is InChI=1S/C17H10Cl3N2O/c1-23-14-7-3-6-13(22-14)12-5-2-4-10(15(12)18)11-8-9-21-17(20)16(11)19/h2-6,8-9H,1H3. The normalized spacial score (nSPS) is 10.6. The molecule has 0 aliphatic carbocycles. The molecule has 23 heavy (non-hydrogen) atoms. The maximum Gasteiger partial charge on any atom is 0.221 e. The molecule has 2 aromatic heterocycles. The van der Waals surface area contributed by atoms with Gasteiger partial charge in [-0.05, 0) is 18.2 Å². The highest BCUT2D eigenvalue weighted by molar-refractivity contribution is 6.43. The SMILES string of the molecule is COc1[c]ccc(-c2cccc(-c3ccnc(Cl)c3Cl)c2Cl)n1. The molecule has 0 N–H and O–H groups in total. The first-order chi connectivity index (χ1) is 11.1. The number of hydrogen-bond donors (Lipinski definition) is 0. The highest BCUT2D eigenvalue weighted by atomic mass is 35.5. The summed E-state index contributed by atoms with van der Waals surface area (Å²) < 4.78 is 5.11. The third-order valence-corrected chi connectivity index (χ3v) is 4.45. The van der Waals surface area contributed by atoms with E-state index in [0.29, 0.717) is 27.2 Å². The second-order valence-corrected chi connectivity index (χ2v) is 5.73. The summed E-state index contributed by atoms with van der Waals surface area (Å²) in [6.07, 6.45) is 1.59. The molecule has 0 saturated heterocycles. The Morgan fingerprint density at radius 1 is 0.957 bits per heavy atom. The van der Waals surface area contributed by atoms with Gasteiger partial charge >= 0.3 is 0 Å². The van der Waals surface area contributed by atoms with E-state index in [0.717, 1.165) is 11.1 Å². The lowest BCUT2D eigenvalue weighted by Gasteiger charge is -2.11. The van der Waals surface area contributed by atoms with Gasteiger partial charge in [-0.1, -0.05) is 53.0 Å². The van der Waals surface area contributed by atoms with E-state index < -0.39 is 0 Å². The van der Waals surface area contributed by atoms with Crippen molar-refractivity contribution in [2.24, 2.45) is 0 Å². The van der Waals surface area contributed by atoms with E-state index in [1.54, 1.807) is 25.4 Å². The molecule has 0 unspecified atom stereocenters. The number of ether oxygens (including phenoxy) is 1. The summed E-state index contributed by atoms with van der Waals surface area (Å²) in [7, 11) is 1.54. The molecule has 3 nitrogen and oxygen atoms in total. The Kier molecular flexibility index (Phi) is 4.71. The van der Waals surface area contributed by atoms with Gasteiger partial charge in [0.15, 0.2) is 0 Å². The molecule has 0 saturated carbocycles. The minimum Gasteiger partial charge on any atom is -0.481 e. The van der Waals surface area contributed by atoms with E-state index in [4.69, 9.17) is 39.5 Å². The first-order valence-electron chi connectivity index (χ1n) is 6.64. The molecule has 1 aromatic carbocycles. The van der Waals surface area contributed by atoms with Gasteiger partial charge in [0.25, 0.3) is 0 Å². The van der Waals surface area contributed by atoms with Crippen molar-refractivity contribution in [3.8, 4) is 28.3 Å². The summed E-state index contributed by atoms with van der Waals surface area (Å²) in [5.74, 6) is 0.397. The summed E-state index contributed by atoms with van der Waals surface area (Å²) in [5.41, 5.74) is 2.92. The molecule has 6 heteroatoms. The Balaban J connectivity index is 2.17. The van der Waals surface area contributed by atoms with Gasteiger partial charge in [-0.25, -0.2) is 9.97 Å². The van der Waals surface area contributed by atoms with Crippen LogP contribution in [0.15, 0.2) is 42.6 Å². The largest absolute Gasteiger partial charge is 0.481 e. The molecule has 3 rings (SSSR count). The van der Waals surface area contributed by atoms with Gasteiger partial charge in [-0.2, -0.15) is 0 Å². The predicted molar refractivity (Wildman–Crippen MR) is 93.3 cm³/mol. The van der Waals surface area contributed by atoms with E-state index in [2.05, 4.69) is 16.0 Å². The van der Waals surface area contributed by atoms with E-state index in [1.165, 1.54) is 0 Å². The van der Waals surface area contributed by atoms with Crippen LogP contribution in [-0.4, -0.2) is 17.1 Å². The smallest absolute Gasteiger partial charge is 0.221 e. The van der Waals surface area contributed by atoms with Crippen molar-refractivity contribution in [1.82, 2.24) is 9.97 Å². The van der Waals surface area contributed by atoms with E-state index in [9.17, 15) is 0 Å². The fourth-order valence-electron chi connectivity index (χ4n) is 2.19. The van der Waals surface area contributed by atoms with Crippen LogP contribution in [-0.2, 0) is 0 Å². The number of methoxy groups -OCH3 is 1. The Bertz CT molecular complexity index is 868. The highest BCUT2D eigenvalue weighted by Gasteiger charge is 2.15. The van der Waals surface area contributed by atoms with Crippen LogP contribution < -0.4 is 4.74 Å². The number of pyridine rings is 2. The molecule has 3 aromatic rings. The Labute approximate surface area is 148 Å². The van der Waals surface area contributed by atoms with Gasteiger partial charge in [0.05, 0.1) is 22.8 Å². The minimum atomic E-state index is 0.236. The van der Waals surface area contributed by atoms with Gasteiger partial charge in [0, 0.05) is 29.0 Å². The van der Waals surface area contributed by atoms with E-state index in [-0.39, 0.29) is 5.15 Å². The summed E-state index contributed by atoms with van der Waals surface area (Å²) in [4.78, 5) is 8.32. The monoisotopic (exact) mass is 363 g/mol. The molecule has 2 heterocycles.